The maximum Gasteiger partial charge on any atom is 0.416 e. The lowest BCUT2D eigenvalue weighted by atomic mass is 9.80. The van der Waals surface area contributed by atoms with Gasteiger partial charge in [0.05, 0.1) is 18.6 Å². The monoisotopic (exact) mass is 301 g/mol. The Labute approximate surface area is 121 Å². The van der Waals surface area contributed by atoms with E-state index in [-0.39, 0.29) is 17.8 Å². The predicted octanol–water partition coefficient (Wildman–Crippen LogP) is 2.91. The summed E-state index contributed by atoms with van der Waals surface area (Å²) in [6, 6.07) is 5.06. The van der Waals surface area contributed by atoms with Gasteiger partial charge >= 0.3 is 12.1 Å². The van der Waals surface area contributed by atoms with E-state index in [1.165, 1.54) is 19.2 Å². The van der Waals surface area contributed by atoms with Gasteiger partial charge in [-0.1, -0.05) is 12.1 Å². The van der Waals surface area contributed by atoms with Crippen molar-refractivity contribution >= 4 is 5.97 Å². The lowest BCUT2D eigenvalue weighted by molar-refractivity contribution is -0.147. The molecule has 116 valence electrons. The highest BCUT2D eigenvalue weighted by atomic mass is 19.4. The number of hydrogen-bond acceptors (Lipinski definition) is 3. The highest BCUT2D eigenvalue weighted by Gasteiger charge is 2.35. The summed E-state index contributed by atoms with van der Waals surface area (Å²) in [5.41, 5.74) is 0.0648. The molecule has 0 saturated carbocycles. The molecule has 1 fully saturated rings. The van der Waals surface area contributed by atoms with Crippen LogP contribution in [0.2, 0.25) is 0 Å². The van der Waals surface area contributed by atoms with Gasteiger partial charge < -0.3 is 9.64 Å². The number of nitrogens with zero attached hydrogens (tertiary/aromatic N) is 1. The molecule has 2 atom stereocenters. The molecule has 6 heteroatoms. The van der Waals surface area contributed by atoms with Crippen LogP contribution in [0.5, 0.6) is 0 Å². The molecule has 1 aliphatic heterocycles. The van der Waals surface area contributed by atoms with Gasteiger partial charge in [-0.05, 0) is 37.7 Å². The minimum Gasteiger partial charge on any atom is -0.469 e. The Balaban J connectivity index is 2.26. The second-order valence-electron chi connectivity index (χ2n) is 5.41. The average Bonchev–Trinajstić information content (AvgIpc) is 2.45. The predicted molar refractivity (Wildman–Crippen MR) is 71.8 cm³/mol. The molecule has 1 saturated heterocycles. The van der Waals surface area contributed by atoms with Crippen LogP contribution < -0.4 is 0 Å². The smallest absolute Gasteiger partial charge is 0.416 e. The third-order valence-electron chi connectivity index (χ3n) is 3.99. The molecule has 3 nitrogen and oxygen atoms in total. The van der Waals surface area contributed by atoms with Gasteiger partial charge in [-0.2, -0.15) is 13.2 Å². The zero-order valence-electron chi connectivity index (χ0n) is 12.0. The number of esters is 1. The van der Waals surface area contributed by atoms with Gasteiger partial charge in [-0.3, -0.25) is 4.79 Å². The fraction of sp³-hybridized carbons (Fsp3) is 0.533. The number of ether oxygens (including phenoxy) is 1. The molecule has 0 N–H and O–H groups in total. The molecule has 1 aromatic carbocycles. The summed E-state index contributed by atoms with van der Waals surface area (Å²) in [5, 5.41) is 0. The Morgan fingerprint density at radius 1 is 1.29 bits per heavy atom. The molecule has 21 heavy (non-hydrogen) atoms. The second-order valence-corrected chi connectivity index (χ2v) is 5.41. The van der Waals surface area contributed by atoms with Crippen molar-refractivity contribution in [2.75, 3.05) is 27.2 Å². The van der Waals surface area contributed by atoms with E-state index < -0.39 is 11.7 Å². The molecule has 0 aliphatic carbocycles. The fourth-order valence-electron chi connectivity index (χ4n) is 2.81. The molecule has 1 heterocycles. The van der Waals surface area contributed by atoms with Crippen molar-refractivity contribution in [1.29, 1.82) is 0 Å². The molecular formula is C15H18F3NO2. The van der Waals surface area contributed by atoms with Gasteiger partial charge in [0.1, 0.15) is 0 Å². The molecule has 0 amide bonds. The zero-order valence-corrected chi connectivity index (χ0v) is 12.0. The van der Waals surface area contributed by atoms with Crippen molar-refractivity contribution in [2.45, 2.75) is 18.5 Å². The number of halogens is 3. The zero-order chi connectivity index (χ0) is 15.6. The first kappa shape index (κ1) is 15.8. The van der Waals surface area contributed by atoms with E-state index in [1.807, 2.05) is 7.05 Å². The van der Waals surface area contributed by atoms with Gasteiger partial charge in [0.2, 0.25) is 0 Å². The highest BCUT2D eigenvalue weighted by Crippen LogP contribution is 2.35. The molecule has 0 spiro atoms. The second kappa shape index (κ2) is 6.05. The van der Waals surface area contributed by atoms with Crippen LogP contribution in [0.1, 0.15) is 23.5 Å². The quantitative estimate of drug-likeness (QED) is 0.787. The first-order valence-corrected chi connectivity index (χ1v) is 6.76. The highest BCUT2D eigenvalue weighted by molar-refractivity contribution is 5.73. The Morgan fingerprint density at radius 3 is 2.43 bits per heavy atom. The summed E-state index contributed by atoms with van der Waals surface area (Å²) >= 11 is 0. The van der Waals surface area contributed by atoms with Crippen molar-refractivity contribution in [2.24, 2.45) is 5.92 Å². The van der Waals surface area contributed by atoms with Crippen LogP contribution in [0, 0.1) is 5.92 Å². The topological polar surface area (TPSA) is 29.5 Å². The summed E-state index contributed by atoms with van der Waals surface area (Å²) in [5.74, 6) is -0.741. The third-order valence-corrected chi connectivity index (χ3v) is 3.99. The van der Waals surface area contributed by atoms with Crippen LogP contribution in [0.15, 0.2) is 24.3 Å². The van der Waals surface area contributed by atoms with Crippen LogP contribution in [-0.2, 0) is 15.7 Å². The van der Waals surface area contributed by atoms with Crippen molar-refractivity contribution in [3.8, 4) is 0 Å². The van der Waals surface area contributed by atoms with Crippen molar-refractivity contribution in [1.82, 2.24) is 4.90 Å². The first-order chi connectivity index (χ1) is 9.82. The summed E-state index contributed by atoms with van der Waals surface area (Å²) < 4.78 is 42.6. The van der Waals surface area contributed by atoms with Crippen LogP contribution in [0.4, 0.5) is 13.2 Å². The molecular weight excluding hydrogens is 283 g/mol. The third kappa shape index (κ3) is 3.56. The van der Waals surface area contributed by atoms with E-state index in [1.54, 1.807) is 0 Å². The van der Waals surface area contributed by atoms with Crippen molar-refractivity contribution in [3.63, 3.8) is 0 Å². The number of alkyl halides is 3. The Bertz CT molecular complexity index is 499. The molecule has 0 bridgehead atoms. The fourth-order valence-corrected chi connectivity index (χ4v) is 2.81. The van der Waals surface area contributed by atoms with E-state index in [4.69, 9.17) is 4.74 Å². The Morgan fingerprint density at radius 2 is 1.90 bits per heavy atom. The maximum absolute atomic E-state index is 12.6. The van der Waals surface area contributed by atoms with Crippen molar-refractivity contribution in [3.05, 3.63) is 35.4 Å². The summed E-state index contributed by atoms with van der Waals surface area (Å²) in [6.07, 6.45) is -3.70. The van der Waals surface area contributed by atoms with Gasteiger partial charge in [0, 0.05) is 12.5 Å². The molecule has 1 aromatic rings. The van der Waals surface area contributed by atoms with E-state index in [2.05, 4.69) is 4.90 Å². The minimum absolute atomic E-state index is 0.140. The van der Waals surface area contributed by atoms with E-state index in [0.717, 1.165) is 24.2 Å². The van der Waals surface area contributed by atoms with Crippen LogP contribution in [0.25, 0.3) is 0 Å². The minimum atomic E-state index is -4.34. The lowest BCUT2D eigenvalue weighted by Gasteiger charge is -2.35. The standard InChI is InChI=1S/C15H18F3NO2/c1-19-8-7-12(14(20)21-2)13(9-19)10-3-5-11(6-4-10)15(16,17)18/h3-6,12-13H,7-9H2,1-2H3. The molecule has 2 unspecified atom stereocenters. The molecule has 0 aromatic heterocycles. The van der Waals surface area contributed by atoms with Crippen LogP contribution in [-0.4, -0.2) is 38.1 Å². The van der Waals surface area contributed by atoms with Crippen LogP contribution >= 0.6 is 0 Å². The van der Waals surface area contributed by atoms with Gasteiger partial charge in [-0.15, -0.1) is 0 Å². The van der Waals surface area contributed by atoms with Gasteiger partial charge in [-0.25, -0.2) is 0 Å². The van der Waals surface area contributed by atoms with Gasteiger partial charge in [0.25, 0.3) is 0 Å². The largest absolute Gasteiger partial charge is 0.469 e. The molecule has 1 aliphatic rings. The Hall–Kier alpha value is -1.56. The molecule has 2 rings (SSSR count). The number of benzene rings is 1. The van der Waals surface area contributed by atoms with Crippen molar-refractivity contribution < 1.29 is 22.7 Å². The van der Waals surface area contributed by atoms with E-state index >= 15 is 0 Å². The van der Waals surface area contributed by atoms with Gasteiger partial charge in [0.15, 0.2) is 0 Å². The normalized spacial score (nSPS) is 23.9. The molecule has 0 radical (unpaired) electrons. The van der Waals surface area contributed by atoms with E-state index in [0.29, 0.717) is 13.0 Å². The number of likely N-dealkylation sites (N-methyl/N-ethyl adjacent to an activating group) is 1. The number of carbonyl (C=O) groups is 1. The van der Waals surface area contributed by atoms with E-state index in [9.17, 15) is 18.0 Å². The number of methoxy groups -OCH3 is 1. The lowest BCUT2D eigenvalue weighted by Crippen LogP contribution is -2.40. The summed E-state index contributed by atoms with van der Waals surface area (Å²) in [7, 11) is 3.27. The average molecular weight is 301 g/mol. The maximum atomic E-state index is 12.6. The van der Waals surface area contributed by atoms with Crippen LogP contribution in [0.3, 0.4) is 0 Å². The summed E-state index contributed by atoms with van der Waals surface area (Å²) in [6.45, 7) is 1.40. The summed E-state index contributed by atoms with van der Waals surface area (Å²) in [4.78, 5) is 13.9. The number of likely N-dealkylation sites (tertiary alicyclic amines) is 1. The first-order valence-electron chi connectivity index (χ1n) is 6.76. The number of carbonyl (C=O) groups excluding carboxylic acids is 1. The number of piperidine rings is 1. The number of hydrogen-bond donors (Lipinski definition) is 0. The number of rotatable bonds is 2. The SMILES string of the molecule is COC(=O)C1CCN(C)CC1c1ccc(C(F)(F)F)cc1. The Kier molecular flexibility index (Phi) is 4.56.